The fraction of sp³-hybridized carbons (Fsp3) is 0.300. The molecule has 0 bridgehead atoms. The minimum Gasteiger partial charge on any atom is -0.355 e. The maximum absolute atomic E-state index is 12.0. The van der Waals surface area contributed by atoms with E-state index in [9.17, 15) is 19.7 Å². The quantitative estimate of drug-likeness (QED) is 0.424. The normalized spacial score (nSPS) is 10.3. The van der Waals surface area contributed by atoms with Crippen LogP contribution in [0.5, 0.6) is 0 Å². The van der Waals surface area contributed by atoms with Crippen molar-refractivity contribution in [1.82, 2.24) is 10.6 Å². The van der Waals surface area contributed by atoms with E-state index in [1.807, 2.05) is 0 Å². The van der Waals surface area contributed by atoms with Crippen molar-refractivity contribution in [2.24, 2.45) is 0 Å². The van der Waals surface area contributed by atoms with Crippen molar-refractivity contribution in [3.8, 4) is 0 Å². The second kappa shape index (κ2) is 9.47. The molecule has 0 unspecified atom stereocenters. The van der Waals surface area contributed by atoms with Gasteiger partial charge in [0.1, 0.15) is 0 Å². The number of hydrogen-bond donors (Lipinski definition) is 2. The molecule has 142 valence electrons. The Kier molecular flexibility index (Phi) is 7.05. The van der Waals surface area contributed by atoms with Crippen LogP contribution >= 0.6 is 0 Å². The first-order chi connectivity index (χ1) is 12.9. The van der Waals surface area contributed by atoms with Crippen LogP contribution in [-0.2, 0) is 11.2 Å². The van der Waals surface area contributed by atoms with Crippen molar-refractivity contribution in [3.05, 3.63) is 74.8 Å². The summed E-state index contributed by atoms with van der Waals surface area (Å²) in [6.45, 7) is 4.47. The third-order valence-electron chi connectivity index (χ3n) is 4.17. The highest BCUT2D eigenvalue weighted by atomic mass is 16.6. The predicted octanol–water partition coefficient (Wildman–Crippen LogP) is 2.69. The van der Waals surface area contributed by atoms with Crippen LogP contribution in [-0.4, -0.2) is 29.8 Å². The number of carbonyl (C=O) groups excluding carboxylic acids is 2. The smallest absolute Gasteiger partial charge is 0.270 e. The summed E-state index contributed by atoms with van der Waals surface area (Å²) >= 11 is 0. The van der Waals surface area contributed by atoms with Crippen molar-refractivity contribution < 1.29 is 14.5 Å². The lowest BCUT2D eigenvalue weighted by Gasteiger charge is -2.09. The predicted molar refractivity (Wildman–Crippen MR) is 103 cm³/mol. The number of benzene rings is 2. The lowest BCUT2D eigenvalue weighted by atomic mass is 10.0. The topological polar surface area (TPSA) is 101 Å². The largest absolute Gasteiger partial charge is 0.355 e. The molecule has 2 aromatic rings. The average molecular weight is 369 g/mol. The van der Waals surface area contributed by atoms with Crippen LogP contribution < -0.4 is 10.6 Å². The van der Waals surface area contributed by atoms with Crippen LogP contribution in [0.4, 0.5) is 5.69 Å². The van der Waals surface area contributed by atoms with Gasteiger partial charge in [-0.05, 0) is 43.9 Å². The van der Waals surface area contributed by atoms with Crippen molar-refractivity contribution in [2.75, 3.05) is 13.1 Å². The molecule has 0 saturated heterocycles. The third kappa shape index (κ3) is 6.22. The number of nitrogens with one attached hydrogen (secondary N) is 2. The van der Waals surface area contributed by atoms with E-state index in [4.69, 9.17) is 0 Å². The summed E-state index contributed by atoms with van der Waals surface area (Å²) in [5.41, 5.74) is 3.70. The van der Waals surface area contributed by atoms with Gasteiger partial charge in [0.2, 0.25) is 5.91 Å². The molecule has 0 saturated carbocycles. The maximum Gasteiger partial charge on any atom is 0.270 e. The SMILES string of the molecule is Cc1ccc(CCCNC(=O)CNC(=O)c2cccc([N+](=O)[O-])c2)c(C)c1. The number of non-ortho nitro benzene ring substituents is 1. The van der Waals surface area contributed by atoms with Gasteiger partial charge in [0, 0.05) is 24.2 Å². The summed E-state index contributed by atoms with van der Waals surface area (Å²) in [5.74, 6) is -0.821. The summed E-state index contributed by atoms with van der Waals surface area (Å²) in [6.07, 6.45) is 1.67. The Morgan fingerprint density at radius 2 is 1.85 bits per heavy atom. The van der Waals surface area contributed by atoms with Gasteiger partial charge in [-0.3, -0.25) is 19.7 Å². The molecule has 2 rings (SSSR count). The number of nitrogens with zero attached hydrogens (tertiary/aromatic N) is 1. The molecule has 0 atom stereocenters. The molecule has 7 nitrogen and oxygen atoms in total. The van der Waals surface area contributed by atoms with E-state index in [-0.39, 0.29) is 23.7 Å². The maximum atomic E-state index is 12.0. The van der Waals surface area contributed by atoms with Crippen LogP contribution in [0.2, 0.25) is 0 Å². The summed E-state index contributed by atoms with van der Waals surface area (Å²) in [6, 6.07) is 11.7. The van der Waals surface area contributed by atoms with Gasteiger partial charge in [-0.1, -0.05) is 29.8 Å². The Balaban J connectivity index is 1.72. The first-order valence-corrected chi connectivity index (χ1v) is 8.72. The second-order valence-electron chi connectivity index (χ2n) is 6.37. The Labute approximate surface area is 157 Å². The van der Waals surface area contributed by atoms with E-state index in [0.29, 0.717) is 6.54 Å². The Hall–Kier alpha value is -3.22. The van der Waals surface area contributed by atoms with Gasteiger partial charge in [-0.2, -0.15) is 0 Å². The molecule has 2 amide bonds. The summed E-state index contributed by atoms with van der Waals surface area (Å²) < 4.78 is 0. The van der Waals surface area contributed by atoms with Crippen LogP contribution in [0.15, 0.2) is 42.5 Å². The first kappa shape index (κ1) is 20.1. The molecule has 0 aliphatic rings. The van der Waals surface area contributed by atoms with Gasteiger partial charge in [0.05, 0.1) is 11.5 Å². The van der Waals surface area contributed by atoms with Crippen LogP contribution in [0.3, 0.4) is 0 Å². The van der Waals surface area contributed by atoms with E-state index in [0.717, 1.165) is 12.8 Å². The van der Waals surface area contributed by atoms with Gasteiger partial charge in [0.15, 0.2) is 0 Å². The van der Waals surface area contributed by atoms with E-state index in [1.54, 1.807) is 0 Å². The number of rotatable bonds is 8. The Morgan fingerprint density at radius 1 is 1.07 bits per heavy atom. The minimum absolute atomic E-state index is 0.145. The lowest BCUT2D eigenvalue weighted by Crippen LogP contribution is -2.37. The van der Waals surface area contributed by atoms with Gasteiger partial charge < -0.3 is 10.6 Å². The van der Waals surface area contributed by atoms with Gasteiger partial charge in [-0.15, -0.1) is 0 Å². The highest BCUT2D eigenvalue weighted by Gasteiger charge is 2.12. The monoisotopic (exact) mass is 369 g/mol. The molecule has 0 fully saturated rings. The Bertz CT molecular complexity index is 849. The standard InChI is InChI=1S/C20H23N3O4/c1-14-8-9-16(15(2)11-14)6-4-10-21-19(24)13-22-20(25)17-5-3-7-18(12-17)23(26)27/h3,5,7-9,11-12H,4,6,10,13H2,1-2H3,(H,21,24)(H,22,25). The molecule has 0 aliphatic heterocycles. The lowest BCUT2D eigenvalue weighted by molar-refractivity contribution is -0.384. The number of carbonyl (C=O) groups is 2. The number of nitro groups is 1. The van der Waals surface area contributed by atoms with E-state index < -0.39 is 10.8 Å². The molecule has 2 N–H and O–H groups in total. The zero-order valence-corrected chi connectivity index (χ0v) is 15.5. The fourth-order valence-corrected chi connectivity index (χ4v) is 2.72. The van der Waals surface area contributed by atoms with Crippen molar-refractivity contribution >= 4 is 17.5 Å². The van der Waals surface area contributed by atoms with Gasteiger partial charge >= 0.3 is 0 Å². The molecule has 2 aromatic carbocycles. The molecule has 0 spiro atoms. The molecule has 0 aromatic heterocycles. The zero-order chi connectivity index (χ0) is 19.8. The number of nitro benzene ring substituents is 1. The first-order valence-electron chi connectivity index (χ1n) is 8.72. The van der Waals surface area contributed by atoms with Crippen molar-refractivity contribution in [1.29, 1.82) is 0 Å². The van der Waals surface area contributed by atoms with Crippen LogP contribution in [0, 0.1) is 24.0 Å². The third-order valence-corrected chi connectivity index (χ3v) is 4.17. The van der Waals surface area contributed by atoms with Gasteiger partial charge in [0.25, 0.3) is 11.6 Å². The van der Waals surface area contributed by atoms with E-state index >= 15 is 0 Å². The van der Waals surface area contributed by atoms with Crippen molar-refractivity contribution in [2.45, 2.75) is 26.7 Å². The second-order valence-corrected chi connectivity index (χ2v) is 6.37. The summed E-state index contributed by atoms with van der Waals surface area (Å²) in [4.78, 5) is 34.0. The summed E-state index contributed by atoms with van der Waals surface area (Å²) in [7, 11) is 0. The number of amides is 2. The van der Waals surface area contributed by atoms with E-state index in [2.05, 4.69) is 42.7 Å². The van der Waals surface area contributed by atoms with Crippen LogP contribution in [0.25, 0.3) is 0 Å². The van der Waals surface area contributed by atoms with Gasteiger partial charge in [-0.25, -0.2) is 0 Å². The highest BCUT2D eigenvalue weighted by Crippen LogP contribution is 2.13. The molecule has 7 heteroatoms. The molecule has 0 aliphatic carbocycles. The van der Waals surface area contributed by atoms with E-state index in [1.165, 1.54) is 41.0 Å². The van der Waals surface area contributed by atoms with Crippen molar-refractivity contribution in [3.63, 3.8) is 0 Å². The molecular weight excluding hydrogens is 346 g/mol. The average Bonchev–Trinajstić information content (AvgIpc) is 2.64. The highest BCUT2D eigenvalue weighted by molar-refractivity contribution is 5.96. The molecule has 0 radical (unpaired) electrons. The minimum atomic E-state index is -0.570. The molecule has 0 heterocycles. The molecular formula is C20H23N3O4. The Morgan fingerprint density at radius 3 is 2.56 bits per heavy atom. The van der Waals surface area contributed by atoms with Crippen LogP contribution in [0.1, 0.15) is 33.5 Å². The number of hydrogen-bond acceptors (Lipinski definition) is 4. The fourth-order valence-electron chi connectivity index (χ4n) is 2.72. The zero-order valence-electron chi connectivity index (χ0n) is 15.5. The summed E-state index contributed by atoms with van der Waals surface area (Å²) in [5, 5.41) is 16.0. The molecule has 27 heavy (non-hydrogen) atoms. The number of aryl methyl sites for hydroxylation is 3.